The number of nitrogens with one attached hydrogen (secondary N) is 2. The van der Waals surface area contributed by atoms with Gasteiger partial charge in [0, 0.05) is 80.8 Å². The molecule has 3 aromatic rings. The van der Waals surface area contributed by atoms with Crippen molar-refractivity contribution in [3.05, 3.63) is 93.8 Å². The van der Waals surface area contributed by atoms with Crippen molar-refractivity contribution < 1.29 is 66.7 Å². The van der Waals surface area contributed by atoms with Gasteiger partial charge >= 0.3 is 0 Å². The molecule has 0 saturated carbocycles. The molecule has 1 fully saturated rings. The Bertz CT molecular complexity index is 2900. The summed E-state index contributed by atoms with van der Waals surface area (Å²) in [7, 11) is 3.03. The number of rotatable bonds is 28. The number of aliphatic imine (C=N–C) groups is 2. The number of carbonyl (C=O) groups excluding carboxylic acids is 6. The SMILES string of the molecule is COc1cc2c(cc1OCc1cc(C#CCNC(=O)CCOCCOCCOCCOCCNC(=O)CCN3C(=O)CC(C(C)C)C3=O)cc(COc3cc4c(cc3OC)C(=O)N3C=C(C)C[C@H]3C=N4)c1)N=C[C@@H]1CC(C)=CN1C2=O. The molecule has 21 nitrogen and oxygen atoms in total. The van der Waals surface area contributed by atoms with Gasteiger partial charge in [-0.15, -0.1) is 0 Å². The Morgan fingerprint density at radius 3 is 1.64 bits per heavy atom. The number of likely N-dealkylation sites (tertiary alicyclic amines) is 1. The zero-order valence-corrected chi connectivity index (χ0v) is 46.8. The van der Waals surface area contributed by atoms with Gasteiger partial charge in [-0.1, -0.05) is 36.8 Å². The summed E-state index contributed by atoms with van der Waals surface area (Å²) in [4.78, 5) is 90.6. The molecule has 3 aromatic carbocycles. The van der Waals surface area contributed by atoms with E-state index < -0.39 is 0 Å². The summed E-state index contributed by atoms with van der Waals surface area (Å²) >= 11 is 0. The zero-order valence-electron chi connectivity index (χ0n) is 46.8. The Labute approximate surface area is 472 Å². The Kier molecular flexibility index (Phi) is 20.8. The van der Waals surface area contributed by atoms with Gasteiger partial charge in [0.2, 0.25) is 23.6 Å². The Balaban J connectivity index is 0.770. The van der Waals surface area contributed by atoms with E-state index in [0.29, 0.717) is 117 Å². The van der Waals surface area contributed by atoms with Crippen LogP contribution in [0.1, 0.15) is 97.2 Å². The second-order valence-electron chi connectivity index (χ2n) is 20.4. The molecular formula is C60H71N7O14. The average Bonchev–Trinajstić information content (AvgIpc) is 4.32. The van der Waals surface area contributed by atoms with Gasteiger partial charge in [0.1, 0.15) is 13.2 Å². The maximum atomic E-state index is 13.6. The smallest absolute Gasteiger partial charge is 0.260 e. The lowest BCUT2D eigenvalue weighted by molar-refractivity contribution is -0.140. The molecule has 0 aliphatic carbocycles. The first-order valence-electron chi connectivity index (χ1n) is 27.3. The van der Waals surface area contributed by atoms with E-state index in [-0.39, 0.29) is 112 Å². The molecule has 3 atom stereocenters. The summed E-state index contributed by atoms with van der Waals surface area (Å²) < 4.78 is 46.3. The fourth-order valence-corrected chi connectivity index (χ4v) is 9.76. The molecule has 0 spiro atoms. The normalized spacial score (nSPS) is 17.9. The van der Waals surface area contributed by atoms with Crippen LogP contribution in [0.15, 0.2) is 76.0 Å². The molecule has 5 aliphatic heterocycles. The number of hydrogen-bond donors (Lipinski definition) is 2. The molecule has 430 valence electrons. The van der Waals surface area contributed by atoms with Gasteiger partial charge in [-0.3, -0.25) is 43.7 Å². The van der Waals surface area contributed by atoms with Crippen LogP contribution in [0.4, 0.5) is 11.4 Å². The highest BCUT2D eigenvalue weighted by molar-refractivity contribution is 6.06. The molecule has 0 bridgehead atoms. The van der Waals surface area contributed by atoms with Crippen molar-refractivity contribution in [2.75, 3.05) is 86.7 Å². The van der Waals surface area contributed by atoms with E-state index in [1.165, 1.54) is 19.1 Å². The highest BCUT2D eigenvalue weighted by atomic mass is 16.6. The zero-order chi connectivity index (χ0) is 57.4. The first-order chi connectivity index (χ1) is 39.2. The van der Waals surface area contributed by atoms with Crippen LogP contribution in [0.3, 0.4) is 0 Å². The van der Waals surface area contributed by atoms with E-state index in [4.69, 9.17) is 37.9 Å². The largest absolute Gasteiger partial charge is 0.493 e. The van der Waals surface area contributed by atoms with Crippen molar-refractivity contribution >= 4 is 59.2 Å². The number of amides is 6. The third-order valence-corrected chi connectivity index (χ3v) is 14.0. The number of methoxy groups -OCH3 is 2. The second-order valence-corrected chi connectivity index (χ2v) is 20.4. The van der Waals surface area contributed by atoms with Gasteiger partial charge < -0.3 is 58.3 Å². The predicted octanol–water partition coefficient (Wildman–Crippen LogP) is 5.99. The van der Waals surface area contributed by atoms with Crippen LogP contribution in [-0.2, 0) is 51.3 Å². The third kappa shape index (κ3) is 15.7. The standard InChI is InChI=1S/C60H71N7O14/c1-38(2)46-29-57(70)65(58(46)71)13-9-55(68)62-12-15-77-17-19-79-21-20-78-18-16-76-14-10-56(69)61-11-7-8-41-24-42(36-80-53-30-49-47(27-51(53)74-5)59(72)66-34-39(3)22-44(66)32-63-49)26-43(25-41)37-81-54-31-50-48(28-52(54)75-6)60(73)67-35-40(4)23-45(67)33-64-50/h24-28,30-35,38,44-46H,9-23,29,36-37H2,1-6H3,(H,61,69)(H,62,68)/t44-,45-,46?/m0/s1. The van der Waals surface area contributed by atoms with Crippen LogP contribution >= 0.6 is 0 Å². The van der Waals surface area contributed by atoms with E-state index >= 15 is 0 Å². The summed E-state index contributed by atoms with van der Waals surface area (Å²) in [6.45, 7) is 10.9. The number of imide groups is 1. The minimum atomic E-state index is -0.312. The molecule has 1 saturated heterocycles. The number of ether oxygens (including phenoxy) is 8. The van der Waals surface area contributed by atoms with Crippen LogP contribution in [0, 0.1) is 23.7 Å². The van der Waals surface area contributed by atoms with Gasteiger partial charge in [-0.05, 0) is 74.1 Å². The molecular weight excluding hydrogens is 1040 g/mol. The molecule has 6 amide bonds. The fourth-order valence-electron chi connectivity index (χ4n) is 9.76. The first-order valence-corrected chi connectivity index (χ1v) is 27.3. The number of fused-ring (bicyclic) bond motifs is 4. The van der Waals surface area contributed by atoms with Gasteiger partial charge in [0.25, 0.3) is 11.8 Å². The molecule has 81 heavy (non-hydrogen) atoms. The second kappa shape index (κ2) is 28.5. The van der Waals surface area contributed by atoms with E-state index in [1.54, 1.807) is 46.5 Å². The van der Waals surface area contributed by atoms with E-state index in [1.807, 2.05) is 58.3 Å². The highest BCUT2D eigenvalue weighted by Gasteiger charge is 2.40. The quantitative estimate of drug-likeness (QED) is 0.0483. The molecule has 0 aromatic heterocycles. The molecule has 0 radical (unpaired) electrons. The van der Waals surface area contributed by atoms with Crippen molar-refractivity contribution in [2.45, 2.75) is 85.1 Å². The lowest BCUT2D eigenvalue weighted by Crippen LogP contribution is -2.36. The van der Waals surface area contributed by atoms with Gasteiger partial charge in [0.15, 0.2) is 23.0 Å². The first kappa shape index (κ1) is 59.2. The maximum Gasteiger partial charge on any atom is 0.260 e. The number of nitrogens with zero attached hydrogens (tertiary/aromatic N) is 5. The molecule has 5 aliphatic rings. The van der Waals surface area contributed by atoms with Crippen molar-refractivity contribution in [1.29, 1.82) is 0 Å². The molecule has 5 heterocycles. The van der Waals surface area contributed by atoms with Crippen LogP contribution < -0.4 is 29.6 Å². The minimum Gasteiger partial charge on any atom is -0.493 e. The third-order valence-electron chi connectivity index (χ3n) is 14.0. The van der Waals surface area contributed by atoms with E-state index in [2.05, 4.69) is 32.5 Å². The maximum absolute atomic E-state index is 13.6. The molecule has 21 heteroatoms. The molecule has 2 N–H and O–H groups in total. The molecule has 8 rings (SSSR count). The fraction of sp³-hybridized carbons (Fsp3) is 0.467. The van der Waals surface area contributed by atoms with E-state index in [9.17, 15) is 28.8 Å². The van der Waals surface area contributed by atoms with Gasteiger partial charge in [0.05, 0.1) is 108 Å². The topological polar surface area (TPSA) is 235 Å². The predicted molar refractivity (Wildman–Crippen MR) is 299 cm³/mol. The monoisotopic (exact) mass is 1110 g/mol. The van der Waals surface area contributed by atoms with Gasteiger partial charge in [-0.25, -0.2) is 0 Å². The summed E-state index contributed by atoms with van der Waals surface area (Å²) in [5.74, 6) is 6.27. The van der Waals surface area contributed by atoms with Gasteiger partial charge in [-0.2, -0.15) is 0 Å². The lowest BCUT2D eigenvalue weighted by atomic mass is 9.94. The Hall–Kier alpha value is -7.90. The highest BCUT2D eigenvalue weighted by Crippen LogP contribution is 2.41. The van der Waals surface area contributed by atoms with Crippen molar-refractivity contribution in [3.63, 3.8) is 0 Å². The number of benzene rings is 3. The van der Waals surface area contributed by atoms with Crippen molar-refractivity contribution in [3.8, 4) is 34.8 Å². The Morgan fingerprint density at radius 1 is 0.630 bits per heavy atom. The summed E-state index contributed by atoms with van der Waals surface area (Å²) in [5, 5.41) is 5.55. The summed E-state index contributed by atoms with van der Waals surface area (Å²) in [5.41, 5.74) is 6.10. The van der Waals surface area contributed by atoms with Crippen LogP contribution in [0.2, 0.25) is 0 Å². The summed E-state index contributed by atoms with van der Waals surface area (Å²) in [6.07, 6.45) is 9.10. The minimum absolute atomic E-state index is 0.0496. The average molecular weight is 1110 g/mol. The number of carbonyl (C=O) groups is 6. The van der Waals surface area contributed by atoms with Crippen LogP contribution in [-0.4, -0.2) is 161 Å². The van der Waals surface area contributed by atoms with Crippen molar-refractivity contribution in [1.82, 2.24) is 25.3 Å². The lowest BCUT2D eigenvalue weighted by Gasteiger charge is -2.19. The molecule has 1 unspecified atom stereocenters. The van der Waals surface area contributed by atoms with E-state index in [0.717, 1.165) is 22.3 Å². The number of hydrogen-bond acceptors (Lipinski definition) is 16. The van der Waals surface area contributed by atoms with Crippen LogP contribution in [0.25, 0.3) is 0 Å². The van der Waals surface area contributed by atoms with Crippen molar-refractivity contribution in [2.24, 2.45) is 21.8 Å². The van der Waals surface area contributed by atoms with Crippen LogP contribution in [0.5, 0.6) is 23.0 Å². The Morgan fingerprint density at radius 2 is 1.14 bits per heavy atom. The summed E-state index contributed by atoms with van der Waals surface area (Å²) in [6, 6.07) is 12.1.